The minimum atomic E-state index is -1.37. The molecule has 1 N–H and O–H groups in total. The normalized spacial score (nSPS) is 17.2. The Balaban J connectivity index is 1.57. The van der Waals surface area contributed by atoms with Gasteiger partial charge in [0.2, 0.25) is 5.91 Å². The zero-order valence-corrected chi connectivity index (χ0v) is 17.4. The Morgan fingerprint density at radius 1 is 1.15 bits per heavy atom. The largest absolute Gasteiger partial charge is 0.278 e. The first-order valence-corrected chi connectivity index (χ1v) is 10.0. The highest BCUT2D eigenvalue weighted by Gasteiger charge is 2.47. The van der Waals surface area contributed by atoms with E-state index >= 15 is 0 Å². The lowest BCUT2D eigenvalue weighted by molar-refractivity contribution is -0.121. The van der Waals surface area contributed by atoms with Gasteiger partial charge in [0.1, 0.15) is 5.82 Å². The number of halogens is 1. The zero-order chi connectivity index (χ0) is 23.2. The number of aromatic nitrogens is 3. The summed E-state index contributed by atoms with van der Waals surface area (Å²) in [5.41, 5.74) is 10.2. The van der Waals surface area contributed by atoms with E-state index in [-0.39, 0.29) is 17.7 Å². The van der Waals surface area contributed by atoms with Crippen LogP contribution in [-0.2, 0) is 16.8 Å². The Labute approximate surface area is 186 Å². The molecule has 162 valence electrons. The minimum Gasteiger partial charge on any atom is -0.278 e. The van der Waals surface area contributed by atoms with Gasteiger partial charge in [-0.25, -0.2) is 9.49 Å². The van der Waals surface area contributed by atoms with Crippen molar-refractivity contribution in [2.45, 2.75) is 18.9 Å². The number of hydrogen-bond donors (Lipinski definition) is 1. The molecule has 3 heterocycles. The summed E-state index contributed by atoms with van der Waals surface area (Å²) < 4.78 is 13.6. The number of benzene rings is 2. The van der Waals surface area contributed by atoms with Gasteiger partial charge >= 0.3 is 0 Å². The summed E-state index contributed by atoms with van der Waals surface area (Å²) in [5.74, 6) is -0.897. The number of nitrogens with zero attached hydrogens (tertiary/aromatic N) is 6. The smallest absolute Gasteiger partial charge is 0.272 e. The molecule has 1 atom stereocenters. The molecule has 1 aliphatic rings. The third-order valence-electron chi connectivity index (χ3n) is 5.77. The topological polar surface area (TPSA) is 128 Å². The van der Waals surface area contributed by atoms with Crippen molar-refractivity contribution in [2.24, 2.45) is 5.11 Å². The maximum Gasteiger partial charge on any atom is 0.272 e. The summed E-state index contributed by atoms with van der Waals surface area (Å²) in [6.45, 7) is 1.58. The van der Waals surface area contributed by atoms with E-state index < -0.39 is 16.9 Å². The Morgan fingerprint density at radius 3 is 2.79 bits per heavy atom. The monoisotopic (exact) mass is 441 g/mol. The second kappa shape index (κ2) is 7.54. The summed E-state index contributed by atoms with van der Waals surface area (Å²) >= 11 is 0. The van der Waals surface area contributed by atoms with Crippen molar-refractivity contribution in [1.82, 2.24) is 15.2 Å². The Morgan fingerprint density at radius 2 is 1.97 bits per heavy atom. The number of aromatic amines is 1. The quantitative estimate of drug-likeness (QED) is 0.288. The highest BCUT2D eigenvalue weighted by atomic mass is 19.1. The van der Waals surface area contributed by atoms with Crippen molar-refractivity contribution in [3.8, 4) is 0 Å². The average molecular weight is 441 g/mol. The summed E-state index contributed by atoms with van der Waals surface area (Å²) in [7, 11) is 0. The van der Waals surface area contributed by atoms with Crippen LogP contribution in [0.25, 0.3) is 21.2 Å². The molecule has 2 aromatic carbocycles. The summed E-state index contributed by atoms with van der Waals surface area (Å²) in [6, 6.07) is 12.9. The van der Waals surface area contributed by atoms with Crippen molar-refractivity contribution >= 4 is 28.1 Å². The van der Waals surface area contributed by atoms with E-state index in [0.717, 1.165) is 5.56 Å². The number of pyridine rings is 1. The van der Waals surface area contributed by atoms with E-state index in [2.05, 4.69) is 25.2 Å². The van der Waals surface area contributed by atoms with Crippen molar-refractivity contribution < 1.29 is 9.18 Å². The number of H-pyrrole nitrogens is 1. The maximum atomic E-state index is 13.6. The number of anilines is 2. The van der Waals surface area contributed by atoms with Gasteiger partial charge in [0, 0.05) is 22.9 Å². The van der Waals surface area contributed by atoms with Crippen LogP contribution in [0.15, 0.2) is 70.8 Å². The van der Waals surface area contributed by atoms with Crippen LogP contribution < -0.4 is 10.5 Å². The summed E-state index contributed by atoms with van der Waals surface area (Å²) in [4.78, 5) is 34.0. The molecule has 0 bridgehead atoms. The highest BCUT2D eigenvalue weighted by molar-refractivity contribution is 6.12. The molecule has 4 aromatic rings. The van der Waals surface area contributed by atoms with E-state index in [1.54, 1.807) is 49.6 Å². The van der Waals surface area contributed by atoms with Gasteiger partial charge in [0.25, 0.3) is 5.56 Å². The van der Waals surface area contributed by atoms with E-state index in [1.807, 2.05) is 0 Å². The third-order valence-corrected chi connectivity index (χ3v) is 5.77. The molecule has 1 amide bonds. The molecule has 10 heteroatoms. The van der Waals surface area contributed by atoms with Gasteiger partial charge in [0.05, 0.1) is 28.7 Å². The van der Waals surface area contributed by atoms with Crippen molar-refractivity contribution in [2.75, 3.05) is 4.90 Å². The fourth-order valence-corrected chi connectivity index (χ4v) is 4.18. The van der Waals surface area contributed by atoms with Crippen molar-refractivity contribution in [1.29, 1.82) is 0 Å². The van der Waals surface area contributed by atoms with Crippen LogP contribution in [0.2, 0.25) is 0 Å². The van der Waals surface area contributed by atoms with Gasteiger partial charge in [-0.05, 0) is 53.9 Å². The molecule has 5 rings (SSSR count). The molecule has 33 heavy (non-hydrogen) atoms. The minimum absolute atomic E-state index is 0.206. The molecule has 0 saturated carbocycles. The molecule has 0 spiro atoms. The van der Waals surface area contributed by atoms with Gasteiger partial charge in [-0.15, -0.1) is 0 Å². The Bertz CT molecular complexity index is 1540. The molecule has 0 radical (unpaired) electrons. The SMILES string of the molecule is CC1(N=[N+]=[N-])C(=O)N(c2cncc(Cc3n[nH]c(=O)c4cc(F)ccc34)c2)c2ccccc21. The first-order chi connectivity index (χ1) is 15.9. The number of amides is 1. The van der Waals surface area contributed by atoms with Crippen LogP contribution in [0.4, 0.5) is 15.8 Å². The van der Waals surface area contributed by atoms with E-state index in [0.29, 0.717) is 28.0 Å². The number of azide groups is 1. The molecule has 0 fully saturated rings. The lowest BCUT2D eigenvalue weighted by Crippen LogP contribution is -2.34. The summed E-state index contributed by atoms with van der Waals surface area (Å²) in [6.07, 6.45) is 3.47. The number of fused-ring (bicyclic) bond motifs is 2. The van der Waals surface area contributed by atoms with Crippen LogP contribution >= 0.6 is 0 Å². The van der Waals surface area contributed by atoms with E-state index in [9.17, 15) is 14.0 Å². The van der Waals surface area contributed by atoms with Gasteiger partial charge in [0.15, 0.2) is 5.54 Å². The first-order valence-electron chi connectivity index (χ1n) is 10.0. The molecule has 1 unspecified atom stereocenters. The Kier molecular flexibility index (Phi) is 4.65. The fraction of sp³-hybridized carbons (Fsp3) is 0.130. The van der Waals surface area contributed by atoms with Crippen LogP contribution in [0.3, 0.4) is 0 Å². The molecular weight excluding hydrogens is 425 g/mol. The van der Waals surface area contributed by atoms with Crippen LogP contribution in [0.5, 0.6) is 0 Å². The predicted octanol–water partition coefficient (Wildman–Crippen LogP) is 4.25. The molecule has 1 aliphatic heterocycles. The fourth-order valence-electron chi connectivity index (χ4n) is 4.18. The number of carbonyl (C=O) groups is 1. The zero-order valence-electron chi connectivity index (χ0n) is 17.4. The lowest BCUT2D eigenvalue weighted by Gasteiger charge is -2.20. The maximum absolute atomic E-state index is 13.6. The van der Waals surface area contributed by atoms with Crippen LogP contribution in [0.1, 0.15) is 23.7 Å². The molecular formula is C23H16FN7O2. The third kappa shape index (κ3) is 3.20. The van der Waals surface area contributed by atoms with Gasteiger partial charge in [-0.1, -0.05) is 23.3 Å². The van der Waals surface area contributed by atoms with Crippen LogP contribution in [-0.4, -0.2) is 21.1 Å². The number of nitrogens with one attached hydrogen (secondary N) is 1. The van der Waals surface area contributed by atoms with Crippen molar-refractivity contribution in [3.05, 3.63) is 104 Å². The van der Waals surface area contributed by atoms with Crippen molar-refractivity contribution in [3.63, 3.8) is 0 Å². The first kappa shape index (κ1) is 20.3. The number of hydrogen-bond acceptors (Lipinski definition) is 5. The van der Waals surface area contributed by atoms with Gasteiger partial charge in [-0.2, -0.15) is 5.10 Å². The van der Waals surface area contributed by atoms with E-state index in [1.165, 1.54) is 23.1 Å². The number of carbonyl (C=O) groups excluding carboxylic acids is 1. The number of para-hydroxylation sites is 1. The predicted molar refractivity (Wildman–Crippen MR) is 119 cm³/mol. The van der Waals surface area contributed by atoms with Gasteiger partial charge < -0.3 is 0 Å². The van der Waals surface area contributed by atoms with Gasteiger partial charge in [-0.3, -0.25) is 19.5 Å². The number of rotatable bonds is 4. The second-order valence-corrected chi connectivity index (χ2v) is 7.84. The standard InChI is InChI=1S/C23H16FN7O2/c1-23(29-30-25)18-4-2-3-5-20(18)31(22(23)33)15-8-13(11-26-12-15)9-19-16-7-6-14(24)10-17(16)21(32)28-27-19/h2-8,10-12H,9H2,1H3,(H,28,32). The average Bonchev–Trinajstić information content (AvgIpc) is 3.03. The molecule has 9 nitrogen and oxygen atoms in total. The summed E-state index contributed by atoms with van der Waals surface area (Å²) in [5, 5.41) is 11.1. The molecule has 0 aliphatic carbocycles. The highest BCUT2D eigenvalue weighted by Crippen LogP contribution is 2.46. The molecule has 0 saturated heterocycles. The van der Waals surface area contributed by atoms with E-state index in [4.69, 9.17) is 5.53 Å². The molecule has 2 aromatic heterocycles. The lowest BCUT2D eigenvalue weighted by atomic mass is 9.95. The van der Waals surface area contributed by atoms with Crippen LogP contribution in [0, 0.1) is 5.82 Å². The second-order valence-electron chi connectivity index (χ2n) is 7.84. The Hall–Kier alpha value is -4.56.